The van der Waals surface area contributed by atoms with Crippen molar-refractivity contribution < 1.29 is 0 Å². The van der Waals surface area contributed by atoms with E-state index in [1.165, 1.54) is 5.56 Å². The number of rotatable bonds is 3. The van der Waals surface area contributed by atoms with Crippen molar-refractivity contribution in [2.45, 2.75) is 32.9 Å². The van der Waals surface area contributed by atoms with Gasteiger partial charge in [0.1, 0.15) is 0 Å². The van der Waals surface area contributed by atoms with Crippen molar-refractivity contribution in [2.24, 2.45) is 0 Å². The summed E-state index contributed by atoms with van der Waals surface area (Å²) in [5.74, 6) is 0. The lowest BCUT2D eigenvalue weighted by molar-refractivity contribution is 0.631. The Labute approximate surface area is 85.9 Å². The molecule has 0 aliphatic carbocycles. The van der Waals surface area contributed by atoms with Gasteiger partial charge in [0.25, 0.3) is 0 Å². The molecule has 0 saturated carbocycles. The lowest BCUT2D eigenvalue weighted by atomic mass is 10.1. The second kappa shape index (κ2) is 4.42. The van der Waals surface area contributed by atoms with E-state index in [9.17, 15) is 0 Å². The maximum Gasteiger partial charge on any atom is 0.0576 e. The quantitative estimate of drug-likeness (QED) is 0.771. The molecule has 0 saturated heterocycles. The van der Waals surface area contributed by atoms with Crippen molar-refractivity contribution in [2.75, 3.05) is 12.4 Å². The maximum absolute atomic E-state index is 4.12. The molecule has 2 N–H and O–H groups in total. The van der Waals surface area contributed by atoms with Crippen LogP contribution in [0.2, 0.25) is 0 Å². The lowest BCUT2D eigenvalue weighted by Gasteiger charge is -2.23. The van der Waals surface area contributed by atoms with Gasteiger partial charge in [-0.25, -0.2) is 0 Å². The highest BCUT2D eigenvalue weighted by Crippen LogP contribution is 2.18. The van der Waals surface area contributed by atoms with Gasteiger partial charge >= 0.3 is 0 Å². The second-order valence-electron chi connectivity index (χ2n) is 4.44. The number of hydrogen-bond donors (Lipinski definition) is 2. The molecule has 0 unspecified atom stereocenters. The van der Waals surface area contributed by atoms with Crippen molar-refractivity contribution in [1.82, 2.24) is 10.3 Å². The zero-order valence-corrected chi connectivity index (χ0v) is 9.39. The summed E-state index contributed by atoms with van der Waals surface area (Å²) in [6.45, 7) is 7.29. The van der Waals surface area contributed by atoms with E-state index in [1.54, 1.807) is 0 Å². The van der Waals surface area contributed by atoms with Crippen LogP contribution < -0.4 is 10.6 Å². The molecule has 1 aromatic rings. The number of aromatic nitrogens is 1. The Morgan fingerprint density at radius 1 is 1.36 bits per heavy atom. The van der Waals surface area contributed by atoms with Crippen LogP contribution in [0.5, 0.6) is 0 Å². The third-order valence-electron chi connectivity index (χ3n) is 1.79. The van der Waals surface area contributed by atoms with Crippen LogP contribution in [0.25, 0.3) is 0 Å². The van der Waals surface area contributed by atoms with Gasteiger partial charge < -0.3 is 10.6 Å². The summed E-state index contributed by atoms with van der Waals surface area (Å²) in [7, 11) is 1.95. The fourth-order valence-electron chi connectivity index (χ4n) is 1.28. The molecule has 0 bridgehead atoms. The van der Waals surface area contributed by atoms with Gasteiger partial charge in [-0.3, -0.25) is 4.98 Å². The van der Waals surface area contributed by atoms with Gasteiger partial charge in [0.2, 0.25) is 0 Å². The van der Waals surface area contributed by atoms with Crippen LogP contribution in [0.15, 0.2) is 18.5 Å². The van der Waals surface area contributed by atoms with Crippen molar-refractivity contribution in [1.29, 1.82) is 0 Å². The Kier molecular flexibility index (Phi) is 3.47. The van der Waals surface area contributed by atoms with Crippen LogP contribution >= 0.6 is 0 Å². The number of nitrogens with zero attached hydrogens (tertiary/aromatic N) is 1. The Morgan fingerprint density at radius 3 is 2.64 bits per heavy atom. The summed E-state index contributed by atoms with van der Waals surface area (Å²) in [5.41, 5.74) is 2.43. The highest BCUT2D eigenvalue weighted by atomic mass is 15.0. The van der Waals surface area contributed by atoms with E-state index >= 15 is 0 Å². The molecule has 0 radical (unpaired) electrons. The minimum atomic E-state index is 0.0749. The Morgan fingerprint density at radius 2 is 2.07 bits per heavy atom. The number of nitrogens with one attached hydrogen (secondary N) is 2. The van der Waals surface area contributed by atoms with Crippen molar-refractivity contribution in [3.8, 4) is 0 Å². The number of pyridine rings is 1. The topological polar surface area (TPSA) is 37.0 Å². The fraction of sp³-hybridized carbons (Fsp3) is 0.545. The Balaban J connectivity index is 2.84. The van der Waals surface area contributed by atoms with E-state index in [0.29, 0.717) is 0 Å². The smallest absolute Gasteiger partial charge is 0.0576 e. The maximum atomic E-state index is 4.12. The van der Waals surface area contributed by atoms with Crippen molar-refractivity contribution >= 4 is 5.69 Å². The van der Waals surface area contributed by atoms with Gasteiger partial charge in [-0.2, -0.15) is 0 Å². The summed E-state index contributed by atoms with van der Waals surface area (Å²) in [4.78, 5) is 4.12. The molecule has 0 fully saturated rings. The predicted molar refractivity (Wildman–Crippen MR) is 60.4 cm³/mol. The molecule has 0 aromatic carbocycles. The third kappa shape index (κ3) is 3.34. The van der Waals surface area contributed by atoms with E-state index in [2.05, 4.69) is 36.4 Å². The van der Waals surface area contributed by atoms with E-state index in [-0.39, 0.29) is 5.54 Å². The zero-order chi connectivity index (χ0) is 10.6. The Hall–Kier alpha value is -1.09. The first-order chi connectivity index (χ1) is 6.53. The van der Waals surface area contributed by atoms with Crippen LogP contribution in [0.1, 0.15) is 26.3 Å². The summed E-state index contributed by atoms with van der Waals surface area (Å²) in [6, 6.07) is 2.03. The molecule has 0 amide bonds. The lowest BCUT2D eigenvalue weighted by Crippen LogP contribution is -2.27. The first-order valence-electron chi connectivity index (χ1n) is 4.88. The summed E-state index contributed by atoms with van der Waals surface area (Å²) in [6.07, 6.45) is 3.69. The largest absolute Gasteiger partial charge is 0.379 e. The molecular weight excluding hydrogens is 174 g/mol. The van der Waals surface area contributed by atoms with Gasteiger partial charge in [0.05, 0.1) is 11.9 Å². The average Bonchev–Trinajstić information content (AvgIpc) is 2.06. The van der Waals surface area contributed by atoms with Gasteiger partial charge in [0, 0.05) is 18.3 Å². The molecule has 1 heterocycles. The van der Waals surface area contributed by atoms with Crippen LogP contribution in [0, 0.1) is 0 Å². The summed E-state index contributed by atoms with van der Waals surface area (Å²) < 4.78 is 0. The van der Waals surface area contributed by atoms with Crippen LogP contribution in [0.4, 0.5) is 5.69 Å². The minimum absolute atomic E-state index is 0.0749. The van der Waals surface area contributed by atoms with Gasteiger partial charge in [-0.1, -0.05) is 0 Å². The van der Waals surface area contributed by atoms with Crippen molar-refractivity contribution in [3.63, 3.8) is 0 Å². The molecule has 1 aromatic heterocycles. The van der Waals surface area contributed by atoms with E-state index in [1.807, 2.05) is 25.5 Å². The predicted octanol–water partition coefficient (Wildman–Crippen LogP) is 2.01. The monoisotopic (exact) mass is 193 g/mol. The second-order valence-corrected chi connectivity index (χ2v) is 4.44. The molecule has 0 spiro atoms. The highest BCUT2D eigenvalue weighted by Gasteiger charge is 2.11. The van der Waals surface area contributed by atoms with Gasteiger partial charge in [-0.15, -0.1) is 0 Å². The SMILES string of the molecule is CNCc1ccncc1NC(C)(C)C. The standard InChI is InChI=1S/C11H19N3/c1-11(2,3)14-10-8-13-6-5-9(10)7-12-4/h5-6,8,12,14H,7H2,1-4H3. The first-order valence-corrected chi connectivity index (χ1v) is 4.88. The molecular formula is C11H19N3. The zero-order valence-electron chi connectivity index (χ0n) is 9.39. The number of anilines is 1. The number of hydrogen-bond acceptors (Lipinski definition) is 3. The third-order valence-corrected chi connectivity index (χ3v) is 1.79. The van der Waals surface area contributed by atoms with Crippen molar-refractivity contribution in [3.05, 3.63) is 24.0 Å². The molecule has 78 valence electrons. The van der Waals surface area contributed by atoms with E-state index in [4.69, 9.17) is 0 Å². The average molecular weight is 193 g/mol. The minimum Gasteiger partial charge on any atom is -0.379 e. The highest BCUT2D eigenvalue weighted by molar-refractivity contribution is 5.50. The summed E-state index contributed by atoms with van der Waals surface area (Å²) >= 11 is 0. The molecule has 0 aliphatic rings. The fourth-order valence-corrected chi connectivity index (χ4v) is 1.28. The van der Waals surface area contributed by atoms with Crippen LogP contribution in [-0.4, -0.2) is 17.6 Å². The van der Waals surface area contributed by atoms with E-state index in [0.717, 1.165) is 12.2 Å². The molecule has 3 nitrogen and oxygen atoms in total. The van der Waals surface area contributed by atoms with Crippen LogP contribution in [-0.2, 0) is 6.54 Å². The normalized spacial score (nSPS) is 11.4. The molecule has 3 heteroatoms. The Bertz CT molecular complexity index is 289. The molecule has 1 rings (SSSR count). The van der Waals surface area contributed by atoms with Crippen LogP contribution in [0.3, 0.4) is 0 Å². The van der Waals surface area contributed by atoms with Gasteiger partial charge in [0.15, 0.2) is 0 Å². The molecule has 0 aliphatic heterocycles. The molecule has 0 atom stereocenters. The van der Waals surface area contributed by atoms with Gasteiger partial charge in [-0.05, 0) is 39.4 Å². The summed E-state index contributed by atoms with van der Waals surface area (Å²) in [5, 5.41) is 6.57. The first kappa shape index (κ1) is 11.0. The molecule has 14 heavy (non-hydrogen) atoms. The van der Waals surface area contributed by atoms with E-state index < -0.39 is 0 Å².